The predicted octanol–water partition coefficient (Wildman–Crippen LogP) is 1.96. The van der Waals surface area contributed by atoms with E-state index in [-0.39, 0.29) is 6.10 Å². The van der Waals surface area contributed by atoms with Crippen LogP contribution < -0.4 is 4.74 Å². The van der Waals surface area contributed by atoms with Crippen LogP contribution in [0.5, 0.6) is 5.88 Å². The second-order valence-electron chi connectivity index (χ2n) is 2.83. The summed E-state index contributed by atoms with van der Waals surface area (Å²) in [6, 6.07) is 0. The number of hydrogen-bond donors (Lipinski definition) is 0. The minimum atomic E-state index is 0.210. The van der Waals surface area contributed by atoms with E-state index in [0.717, 1.165) is 12.1 Å². The largest absolute Gasteiger partial charge is 0.474 e. The van der Waals surface area contributed by atoms with Gasteiger partial charge in [-0.25, -0.2) is 4.98 Å². The molecule has 0 spiro atoms. The normalized spacial score (nSPS) is 12.6. The van der Waals surface area contributed by atoms with Gasteiger partial charge >= 0.3 is 0 Å². The molecule has 12 heavy (non-hydrogen) atoms. The van der Waals surface area contributed by atoms with Gasteiger partial charge in [0, 0.05) is 0 Å². The first-order valence-corrected chi connectivity index (χ1v) is 4.17. The molecule has 0 aromatic carbocycles. The number of aromatic nitrogens is 2. The first-order chi connectivity index (χ1) is 5.72. The zero-order valence-corrected chi connectivity index (χ0v) is 7.74. The maximum Gasteiger partial charge on any atom is 0.232 e. The fourth-order valence-electron chi connectivity index (χ4n) is 0.731. The minimum Gasteiger partial charge on any atom is -0.474 e. The van der Waals surface area contributed by atoms with Crippen molar-refractivity contribution in [3.8, 4) is 5.88 Å². The second kappa shape index (κ2) is 4.04. The molecule has 0 bridgehead atoms. The van der Waals surface area contributed by atoms with Crippen molar-refractivity contribution in [3.63, 3.8) is 0 Å². The van der Waals surface area contributed by atoms with Crippen LogP contribution in [0.2, 0.25) is 0 Å². The van der Waals surface area contributed by atoms with Gasteiger partial charge in [-0.1, -0.05) is 6.92 Å². The molecule has 1 atom stereocenters. The molecule has 1 aromatic heterocycles. The fourth-order valence-corrected chi connectivity index (χ4v) is 0.731. The molecule has 0 aliphatic heterocycles. The molecule has 0 saturated heterocycles. The van der Waals surface area contributed by atoms with Crippen molar-refractivity contribution in [2.75, 3.05) is 0 Å². The molecule has 3 nitrogen and oxygen atoms in total. The minimum absolute atomic E-state index is 0.210. The zero-order chi connectivity index (χ0) is 8.97. The number of rotatable bonds is 3. The van der Waals surface area contributed by atoms with Gasteiger partial charge in [0.2, 0.25) is 5.88 Å². The van der Waals surface area contributed by atoms with Gasteiger partial charge in [0.1, 0.15) is 0 Å². The number of ether oxygens (including phenoxy) is 1. The van der Waals surface area contributed by atoms with Crippen LogP contribution in [0.3, 0.4) is 0 Å². The number of aryl methyl sites for hydroxylation is 1. The van der Waals surface area contributed by atoms with Gasteiger partial charge in [0.25, 0.3) is 0 Å². The molecule has 0 aliphatic rings. The summed E-state index contributed by atoms with van der Waals surface area (Å²) in [7, 11) is 0. The highest BCUT2D eigenvalue weighted by Crippen LogP contribution is 2.07. The van der Waals surface area contributed by atoms with Crippen molar-refractivity contribution in [1.29, 1.82) is 0 Å². The van der Waals surface area contributed by atoms with Gasteiger partial charge in [-0.3, -0.25) is 4.98 Å². The lowest BCUT2D eigenvalue weighted by molar-refractivity contribution is 0.207. The Hall–Kier alpha value is -1.12. The molecule has 1 unspecified atom stereocenters. The van der Waals surface area contributed by atoms with Crippen molar-refractivity contribution in [3.05, 3.63) is 18.1 Å². The van der Waals surface area contributed by atoms with Crippen LogP contribution in [0, 0.1) is 6.92 Å². The molecule has 0 N–H and O–H groups in total. The fraction of sp³-hybridized carbons (Fsp3) is 0.556. The number of hydrogen-bond acceptors (Lipinski definition) is 3. The van der Waals surface area contributed by atoms with Crippen LogP contribution >= 0.6 is 0 Å². The van der Waals surface area contributed by atoms with Gasteiger partial charge in [0.05, 0.1) is 24.2 Å². The van der Waals surface area contributed by atoms with E-state index in [0.29, 0.717) is 5.88 Å². The molecule has 0 saturated carbocycles. The van der Waals surface area contributed by atoms with E-state index >= 15 is 0 Å². The lowest BCUT2D eigenvalue weighted by atomic mass is 10.3. The van der Waals surface area contributed by atoms with E-state index in [1.165, 1.54) is 0 Å². The Bertz CT molecular complexity index is 233. The van der Waals surface area contributed by atoms with E-state index < -0.39 is 0 Å². The monoisotopic (exact) mass is 166 g/mol. The highest BCUT2D eigenvalue weighted by molar-refractivity contribution is 5.06. The summed E-state index contributed by atoms with van der Waals surface area (Å²) >= 11 is 0. The first-order valence-electron chi connectivity index (χ1n) is 4.17. The van der Waals surface area contributed by atoms with Crippen LogP contribution in [0.15, 0.2) is 12.4 Å². The third-order valence-electron chi connectivity index (χ3n) is 1.65. The van der Waals surface area contributed by atoms with E-state index in [1.54, 1.807) is 12.4 Å². The Kier molecular flexibility index (Phi) is 3.02. The topological polar surface area (TPSA) is 35.0 Å². The molecule has 3 heteroatoms. The maximum atomic E-state index is 5.44. The third-order valence-corrected chi connectivity index (χ3v) is 1.65. The quantitative estimate of drug-likeness (QED) is 0.688. The van der Waals surface area contributed by atoms with Crippen LogP contribution in [0.1, 0.15) is 26.0 Å². The molecule has 0 aliphatic carbocycles. The van der Waals surface area contributed by atoms with Crippen molar-refractivity contribution < 1.29 is 4.74 Å². The van der Waals surface area contributed by atoms with Gasteiger partial charge in [-0.2, -0.15) is 0 Å². The SMILES string of the molecule is CCC(C)Oc1cnc(C)cn1. The van der Waals surface area contributed by atoms with E-state index in [2.05, 4.69) is 16.9 Å². The molecule has 0 radical (unpaired) electrons. The Balaban J connectivity index is 2.58. The van der Waals surface area contributed by atoms with Crippen LogP contribution in [-0.4, -0.2) is 16.1 Å². The molecular weight excluding hydrogens is 152 g/mol. The maximum absolute atomic E-state index is 5.44. The predicted molar refractivity (Wildman–Crippen MR) is 47.2 cm³/mol. The summed E-state index contributed by atoms with van der Waals surface area (Å²) < 4.78 is 5.44. The Morgan fingerprint density at radius 1 is 1.42 bits per heavy atom. The average Bonchev–Trinajstić information content (AvgIpc) is 2.09. The summed E-state index contributed by atoms with van der Waals surface area (Å²) in [4.78, 5) is 8.16. The summed E-state index contributed by atoms with van der Waals surface area (Å²) in [6.07, 6.45) is 4.55. The summed E-state index contributed by atoms with van der Waals surface area (Å²) in [6.45, 7) is 5.99. The summed E-state index contributed by atoms with van der Waals surface area (Å²) in [5.41, 5.74) is 0.909. The van der Waals surface area contributed by atoms with E-state index in [9.17, 15) is 0 Å². The van der Waals surface area contributed by atoms with Crippen molar-refractivity contribution in [1.82, 2.24) is 9.97 Å². The van der Waals surface area contributed by atoms with Gasteiger partial charge in [-0.05, 0) is 20.3 Å². The second-order valence-corrected chi connectivity index (χ2v) is 2.83. The summed E-state index contributed by atoms with van der Waals surface area (Å²) in [5, 5.41) is 0. The Morgan fingerprint density at radius 2 is 2.17 bits per heavy atom. The molecule has 0 amide bonds. The van der Waals surface area contributed by atoms with Crippen LogP contribution in [-0.2, 0) is 0 Å². The number of nitrogens with zero attached hydrogens (tertiary/aromatic N) is 2. The molecule has 0 fully saturated rings. The van der Waals surface area contributed by atoms with Crippen LogP contribution in [0.25, 0.3) is 0 Å². The van der Waals surface area contributed by atoms with Gasteiger partial charge in [0.15, 0.2) is 0 Å². The molecule has 66 valence electrons. The van der Waals surface area contributed by atoms with E-state index in [1.807, 2.05) is 13.8 Å². The van der Waals surface area contributed by atoms with Crippen molar-refractivity contribution in [2.24, 2.45) is 0 Å². The molecular formula is C9H14N2O. The Labute approximate surface area is 72.8 Å². The summed E-state index contributed by atoms with van der Waals surface area (Å²) in [5.74, 6) is 0.606. The van der Waals surface area contributed by atoms with Gasteiger partial charge in [-0.15, -0.1) is 0 Å². The molecule has 1 heterocycles. The molecule has 1 rings (SSSR count). The van der Waals surface area contributed by atoms with Crippen molar-refractivity contribution >= 4 is 0 Å². The first kappa shape index (κ1) is 8.97. The zero-order valence-electron chi connectivity index (χ0n) is 7.74. The highest BCUT2D eigenvalue weighted by Gasteiger charge is 2.01. The lowest BCUT2D eigenvalue weighted by Gasteiger charge is -2.10. The van der Waals surface area contributed by atoms with E-state index in [4.69, 9.17) is 4.74 Å². The van der Waals surface area contributed by atoms with Crippen LogP contribution in [0.4, 0.5) is 0 Å². The third kappa shape index (κ3) is 2.49. The molecule has 1 aromatic rings. The lowest BCUT2D eigenvalue weighted by Crippen LogP contribution is -2.10. The van der Waals surface area contributed by atoms with Crippen molar-refractivity contribution in [2.45, 2.75) is 33.3 Å². The Morgan fingerprint density at radius 3 is 2.67 bits per heavy atom. The smallest absolute Gasteiger partial charge is 0.232 e. The average molecular weight is 166 g/mol. The standard InChI is InChI=1S/C9H14N2O/c1-4-8(3)12-9-6-10-7(2)5-11-9/h5-6,8H,4H2,1-3H3. The highest BCUT2D eigenvalue weighted by atomic mass is 16.5. The van der Waals surface area contributed by atoms with Gasteiger partial charge < -0.3 is 4.74 Å².